The van der Waals surface area contributed by atoms with E-state index in [4.69, 9.17) is 16.0 Å². The van der Waals surface area contributed by atoms with Crippen molar-refractivity contribution in [2.24, 2.45) is 0 Å². The van der Waals surface area contributed by atoms with Crippen molar-refractivity contribution >= 4 is 17.3 Å². The summed E-state index contributed by atoms with van der Waals surface area (Å²) in [6.45, 7) is 2.39. The number of furan rings is 1. The minimum absolute atomic E-state index is 0.356. The number of halogens is 2. The van der Waals surface area contributed by atoms with Crippen molar-refractivity contribution < 1.29 is 8.81 Å². The Labute approximate surface area is 98.0 Å². The molecular weight excluding hydrogens is 229 g/mol. The lowest BCUT2D eigenvalue weighted by atomic mass is 10.3. The predicted molar refractivity (Wildman–Crippen MR) is 62.2 cm³/mol. The van der Waals surface area contributed by atoms with Gasteiger partial charge in [0.25, 0.3) is 0 Å². The summed E-state index contributed by atoms with van der Waals surface area (Å²) < 4.78 is 18.4. The van der Waals surface area contributed by atoms with E-state index in [9.17, 15) is 4.39 Å². The molecule has 0 aliphatic heterocycles. The molecule has 2 aromatic rings. The molecule has 1 N–H and O–H groups in total. The van der Waals surface area contributed by atoms with E-state index in [1.54, 1.807) is 6.07 Å². The van der Waals surface area contributed by atoms with Gasteiger partial charge in [0.1, 0.15) is 17.3 Å². The first kappa shape index (κ1) is 11.0. The molecule has 0 aliphatic carbocycles. The fourth-order valence-corrected chi connectivity index (χ4v) is 1.65. The highest BCUT2D eigenvalue weighted by Crippen LogP contribution is 2.19. The molecule has 16 heavy (non-hydrogen) atoms. The molecule has 0 bridgehead atoms. The van der Waals surface area contributed by atoms with Gasteiger partial charge in [-0.3, -0.25) is 0 Å². The molecule has 1 aromatic carbocycles. The number of hydrogen-bond donors (Lipinski definition) is 1. The van der Waals surface area contributed by atoms with Crippen LogP contribution in [0.3, 0.4) is 0 Å². The van der Waals surface area contributed by atoms with Crippen LogP contribution in [0.4, 0.5) is 10.1 Å². The summed E-state index contributed by atoms with van der Waals surface area (Å²) in [7, 11) is 0. The molecule has 2 rings (SSSR count). The third-order valence-corrected chi connectivity index (χ3v) is 2.34. The summed E-state index contributed by atoms with van der Waals surface area (Å²) >= 11 is 5.73. The van der Waals surface area contributed by atoms with Crippen LogP contribution in [0.25, 0.3) is 0 Å². The van der Waals surface area contributed by atoms with Crippen LogP contribution in [0.1, 0.15) is 11.5 Å². The number of aryl methyl sites for hydroxylation is 1. The molecule has 2 nitrogen and oxygen atoms in total. The van der Waals surface area contributed by atoms with Crippen LogP contribution in [0.15, 0.2) is 34.7 Å². The minimum atomic E-state index is -0.356. The maximum atomic E-state index is 13.0. The van der Waals surface area contributed by atoms with E-state index < -0.39 is 0 Å². The van der Waals surface area contributed by atoms with Gasteiger partial charge < -0.3 is 9.73 Å². The van der Waals surface area contributed by atoms with Gasteiger partial charge in [-0.25, -0.2) is 4.39 Å². The second kappa shape index (κ2) is 4.58. The molecular formula is C12H11ClFNO. The highest BCUT2D eigenvalue weighted by Gasteiger charge is 2.01. The zero-order valence-corrected chi connectivity index (χ0v) is 9.51. The minimum Gasteiger partial charge on any atom is -0.465 e. The highest BCUT2D eigenvalue weighted by molar-refractivity contribution is 6.30. The Kier molecular flexibility index (Phi) is 3.15. The zero-order chi connectivity index (χ0) is 11.5. The van der Waals surface area contributed by atoms with Gasteiger partial charge >= 0.3 is 0 Å². The van der Waals surface area contributed by atoms with Gasteiger partial charge in [-0.15, -0.1) is 0 Å². The quantitative estimate of drug-likeness (QED) is 0.876. The second-order valence-electron chi connectivity index (χ2n) is 3.52. The lowest BCUT2D eigenvalue weighted by molar-refractivity contribution is 0.490. The molecule has 0 atom stereocenters. The molecule has 0 aliphatic rings. The summed E-state index contributed by atoms with van der Waals surface area (Å²) in [5.74, 6) is 1.30. The first-order valence-electron chi connectivity index (χ1n) is 4.89. The number of nitrogens with one attached hydrogen (secondary N) is 1. The van der Waals surface area contributed by atoms with Gasteiger partial charge in [-0.2, -0.15) is 0 Å². The number of rotatable bonds is 3. The van der Waals surface area contributed by atoms with Crippen molar-refractivity contribution in [1.82, 2.24) is 0 Å². The number of anilines is 1. The highest BCUT2D eigenvalue weighted by atomic mass is 35.5. The molecule has 0 saturated carbocycles. The van der Waals surface area contributed by atoms with Crippen molar-refractivity contribution in [1.29, 1.82) is 0 Å². The van der Waals surface area contributed by atoms with Crippen molar-refractivity contribution in [2.75, 3.05) is 5.32 Å². The molecule has 1 aromatic heterocycles. The first-order chi connectivity index (χ1) is 7.63. The van der Waals surface area contributed by atoms with E-state index in [1.165, 1.54) is 12.1 Å². The van der Waals surface area contributed by atoms with Gasteiger partial charge in [0.05, 0.1) is 6.54 Å². The molecule has 4 heteroatoms. The van der Waals surface area contributed by atoms with Crippen molar-refractivity contribution in [3.8, 4) is 0 Å². The molecule has 0 unspecified atom stereocenters. The summed E-state index contributed by atoms with van der Waals surface area (Å²) in [4.78, 5) is 0. The molecule has 1 heterocycles. The summed E-state index contributed by atoms with van der Waals surface area (Å²) in [5.41, 5.74) is 0.638. The van der Waals surface area contributed by atoms with Gasteiger partial charge in [-0.05, 0) is 37.3 Å². The predicted octanol–water partition coefficient (Wildman–Crippen LogP) is 3.99. The van der Waals surface area contributed by atoms with Crippen LogP contribution in [0.5, 0.6) is 0 Å². The Bertz CT molecular complexity index is 475. The number of hydrogen-bond acceptors (Lipinski definition) is 2. The normalized spacial score (nSPS) is 10.4. The van der Waals surface area contributed by atoms with Crippen LogP contribution < -0.4 is 5.32 Å². The van der Waals surface area contributed by atoms with Crippen LogP contribution in [-0.4, -0.2) is 0 Å². The Morgan fingerprint density at radius 2 is 2.12 bits per heavy atom. The zero-order valence-electron chi connectivity index (χ0n) is 8.76. The standard InChI is InChI=1S/C12H11ClFNO/c1-8-2-3-12(16-8)7-15-11-5-9(13)4-10(14)6-11/h2-6,15H,7H2,1H3. The van der Waals surface area contributed by atoms with Crippen molar-refractivity contribution in [2.45, 2.75) is 13.5 Å². The van der Waals surface area contributed by atoms with Gasteiger partial charge in [0, 0.05) is 10.7 Å². The third-order valence-electron chi connectivity index (χ3n) is 2.13. The average Bonchev–Trinajstić information content (AvgIpc) is 2.60. The van der Waals surface area contributed by atoms with E-state index in [-0.39, 0.29) is 5.82 Å². The topological polar surface area (TPSA) is 25.2 Å². The Morgan fingerprint density at radius 3 is 2.75 bits per heavy atom. The number of benzene rings is 1. The fourth-order valence-electron chi connectivity index (χ4n) is 1.43. The molecule has 0 amide bonds. The van der Waals surface area contributed by atoms with Crippen LogP contribution in [0.2, 0.25) is 5.02 Å². The molecule has 0 fully saturated rings. The summed E-state index contributed by atoms with van der Waals surface area (Å²) in [6.07, 6.45) is 0. The molecule has 84 valence electrons. The van der Waals surface area contributed by atoms with Crippen LogP contribution >= 0.6 is 11.6 Å². The van der Waals surface area contributed by atoms with Gasteiger partial charge in [0.2, 0.25) is 0 Å². The summed E-state index contributed by atoms with van der Waals surface area (Å²) in [6, 6.07) is 8.09. The Hall–Kier alpha value is -1.48. The maximum Gasteiger partial charge on any atom is 0.126 e. The first-order valence-corrected chi connectivity index (χ1v) is 5.26. The molecule has 0 saturated heterocycles. The average molecular weight is 240 g/mol. The molecule has 0 radical (unpaired) electrons. The van der Waals surface area contributed by atoms with Crippen LogP contribution in [0, 0.1) is 12.7 Å². The van der Waals surface area contributed by atoms with E-state index in [0.29, 0.717) is 17.3 Å². The van der Waals surface area contributed by atoms with Crippen molar-refractivity contribution in [3.63, 3.8) is 0 Å². The SMILES string of the molecule is Cc1ccc(CNc2cc(F)cc(Cl)c2)o1. The Morgan fingerprint density at radius 1 is 1.31 bits per heavy atom. The second-order valence-corrected chi connectivity index (χ2v) is 3.96. The van der Waals surface area contributed by atoms with Crippen molar-refractivity contribution in [3.05, 3.63) is 52.7 Å². The lowest BCUT2D eigenvalue weighted by Gasteiger charge is -2.05. The fraction of sp³-hybridized carbons (Fsp3) is 0.167. The Balaban J connectivity index is 2.04. The summed E-state index contributed by atoms with van der Waals surface area (Å²) in [5, 5.41) is 3.41. The molecule has 0 spiro atoms. The lowest BCUT2D eigenvalue weighted by Crippen LogP contribution is -1.98. The van der Waals surface area contributed by atoms with E-state index in [0.717, 1.165) is 11.5 Å². The monoisotopic (exact) mass is 239 g/mol. The third kappa shape index (κ3) is 2.76. The van der Waals surface area contributed by atoms with Gasteiger partial charge in [-0.1, -0.05) is 11.6 Å². The smallest absolute Gasteiger partial charge is 0.126 e. The largest absolute Gasteiger partial charge is 0.465 e. The maximum absolute atomic E-state index is 13.0. The van der Waals surface area contributed by atoms with E-state index in [2.05, 4.69) is 5.32 Å². The van der Waals surface area contributed by atoms with E-state index in [1.807, 2.05) is 19.1 Å². The van der Waals surface area contributed by atoms with E-state index >= 15 is 0 Å². The van der Waals surface area contributed by atoms with Crippen LogP contribution in [-0.2, 0) is 6.54 Å². The van der Waals surface area contributed by atoms with Gasteiger partial charge in [0.15, 0.2) is 0 Å².